The molecule has 3 aromatic rings. The van der Waals surface area contributed by atoms with Crippen LogP contribution in [-0.2, 0) is 9.59 Å². The molecule has 170 valence electrons. The molecule has 2 heterocycles. The van der Waals surface area contributed by atoms with Gasteiger partial charge in [0, 0.05) is 29.9 Å². The second kappa shape index (κ2) is 9.20. The second-order valence-corrected chi connectivity index (χ2v) is 7.96. The molecule has 0 saturated heterocycles. The zero-order valence-corrected chi connectivity index (χ0v) is 19.5. The zero-order valence-electron chi connectivity index (χ0n) is 19.5. The van der Waals surface area contributed by atoms with Gasteiger partial charge in [-0.1, -0.05) is 18.2 Å². The summed E-state index contributed by atoms with van der Waals surface area (Å²) in [5, 5.41) is 14.3. The van der Waals surface area contributed by atoms with E-state index in [0.29, 0.717) is 23.4 Å². The Morgan fingerprint density at radius 1 is 1.09 bits per heavy atom. The number of amides is 2. The molecular formula is C27H24N4O3. The van der Waals surface area contributed by atoms with Crippen molar-refractivity contribution in [1.82, 2.24) is 14.7 Å². The summed E-state index contributed by atoms with van der Waals surface area (Å²) in [6.45, 7) is 6.10. The fourth-order valence-corrected chi connectivity index (χ4v) is 3.93. The minimum absolute atomic E-state index is 0.0393. The maximum absolute atomic E-state index is 13.0. The fraction of sp³-hybridized carbons (Fsp3) is 0.185. The summed E-state index contributed by atoms with van der Waals surface area (Å²) in [7, 11) is 1.38. The van der Waals surface area contributed by atoms with Gasteiger partial charge in [0.2, 0.25) is 0 Å². The van der Waals surface area contributed by atoms with Crippen LogP contribution in [0, 0.1) is 18.3 Å². The molecule has 0 atom stereocenters. The molecule has 0 radical (unpaired) electrons. The monoisotopic (exact) mass is 452 g/mol. The number of benzene rings is 2. The Kier molecular flexibility index (Phi) is 6.15. The van der Waals surface area contributed by atoms with E-state index in [-0.39, 0.29) is 11.1 Å². The first-order valence-electron chi connectivity index (χ1n) is 10.9. The molecule has 4 rings (SSSR count). The number of aromatic nitrogens is 2. The van der Waals surface area contributed by atoms with Gasteiger partial charge in [0.05, 0.1) is 12.3 Å². The summed E-state index contributed by atoms with van der Waals surface area (Å²) in [4.78, 5) is 26.3. The Bertz CT molecular complexity index is 1390. The fourth-order valence-electron chi connectivity index (χ4n) is 3.93. The molecule has 0 N–H and O–H groups in total. The summed E-state index contributed by atoms with van der Waals surface area (Å²) < 4.78 is 7.38. The average Bonchev–Trinajstić information content (AvgIpc) is 3.25. The minimum atomic E-state index is -0.593. The van der Waals surface area contributed by atoms with Crippen molar-refractivity contribution in [3.63, 3.8) is 0 Å². The Morgan fingerprint density at radius 2 is 1.82 bits per heavy atom. The summed E-state index contributed by atoms with van der Waals surface area (Å²) in [6, 6.07) is 17.4. The van der Waals surface area contributed by atoms with Gasteiger partial charge in [0.25, 0.3) is 11.8 Å². The number of hydrogen-bond acceptors (Lipinski definition) is 5. The largest absolute Gasteiger partial charge is 0.494 e. The maximum Gasteiger partial charge on any atom is 0.271 e. The lowest BCUT2D eigenvalue weighted by Crippen LogP contribution is -2.39. The van der Waals surface area contributed by atoms with E-state index in [1.807, 2.05) is 74.6 Å². The molecule has 0 bridgehead atoms. The van der Waals surface area contributed by atoms with Crippen molar-refractivity contribution in [1.29, 1.82) is 5.26 Å². The number of carbonyl (C=O) groups excluding carboxylic acids is 2. The Labute approximate surface area is 198 Å². The van der Waals surface area contributed by atoms with Crippen LogP contribution in [-0.4, -0.2) is 40.1 Å². The Hall–Kier alpha value is -4.44. The number of aryl methyl sites for hydroxylation is 1. The number of para-hydroxylation sites is 1. The molecule has 2 amide bonds. The van der Waals surface area contributed by atoms with Gasteiger partial charge in [0.15, 0.2) is 0 Å². The molecule has 0 aliphatic carbocycles. The van der Waals surface area contributed by atoms with Gasteiger partial charge in [0.1, 0.15) is 23.1 Å². The number of imide groups is 1. The van der Waals surface area contributed by atoms with Crippen LogP contribution in [0.2, 0.25) is 0 Å². The molecule has 7 nitrogen and oxygen atoms in total. The van der Waals surface area contributed by atoms with Crippen molar-refractivity contribution >= 4 is 17.9 Å². The predicted octanol–water partition coefficient (Wildman–Crippen LogP) is 4.47. The summed E-state index contributed by atoms with van der Waals surface area (Å²) >= 11 is 0. The number of ether oxygens (including phenoxy) is 1. The molecule has 34 heavy (non-hydrogen) atoms. The highest BCUT2D eigenvalue weighted by atomic mass is 16.5. The normalized spacial score (nSPS) is 15.1. The van der Waals surface area contributed by atoms with Gasteiger partial charge in [-0.25, -0.2) is 4.68 Å². The molecule has 0 fully saturated rings. The van der Waals surface area contributed by atoms with Gasteiger partial charge in [-0.3, -0.25) is 14.5 Å². The van der Waals surface area contributed by atoms with Crippen LogP contribution in [0.3, 0.4) is 0 Å². The van der Waals surface area contributed by atoms with Crippen LogP contribution in [0.4, 0.5) is 0 Å². The lowest BCUT2D eigenvalue weighted by Gasteiger charge is -2.23. The molecule has 1 aromatic heterocycles. The van der Waals surface area contributed by atoms with E-state index < -0.39 is 11.8 Å². The SMILES string of the molecule is CCOc1ccc(-c2nn(-c3ccccc3)cc2/C=C2/C(=O)N(C)C(=O)C(C#N)=C2C)c(C)c1. The number of carbonyl (C=O) groups is 2. The molecule has 2 aromatic carbocycles. The van der Waals surface area contributed by atoms with E-state index in [0.717, 1.165) is 27.5 Å². The Balaban J connectivity index is 1.93. The van der Waals surface area contributed by atoms with E-state index in [4.69, 9.17) is 9.84 Å². The van der Waals surface area contributed by atoms with Crippen molar-refractivity contribution in [3.05, 3.63) is 82.6 Å². The van der Waals surface area contributed by atoms with Crippen LogP contribution in [0.15, 0.2) is 71.4 Å². The molecular weight excluding hydrogens is 428 g/mol. The molecule has 0 saturated carbocycles. The van der Waals surface area contributed by atoms with Gasteiger partial charge >= 0.3 is 0 Å². The van der Waals surface area contributed by atoms with E-state index in [1.54, 1.807) is 17.7 Å². The zero-order chi connectivity index (χ0) is 24.4. The first kappa shape index (κ1) is 22.7. The minimum Gasteiger partial charge on any atom is -0.494 e. The number of nitrogens with zero attached hydrogens (tertiary/aromatic N) is 4. The highest BCUT2D eigenvalue weighted by molar-refractivity contribution is 6.19. The number of rotatable bonds is 5. The molecule has 0 spiro atoms. The third-order valence-electron chi connectivity index (χ3n) is 5.77. The number of hydrogen-bond donors (Lipinski definition) is 0. The topological polar surface area (TPSA) is 88.2 Å². The summed E-state index contributed by atoms with van der Waals surface area (Å²) in [5.41, 5.74) is 4.70. The van der Waals surface area contributed by atoms with Crippen molar-refractivity contribution in [2.75, 3.05) is 13.7 Å². The van der Waals surface area contributed by atoms with Gasteiger partial charge < -0.3 is 4.74 Å². The average molecular weight is 453 g/mol. The standard InChI is InChI=1S/C27H24N4O3/c1-5-34-21-11-12-22(17(2)13-21)25-19(16-31(29-25)20-9-7-6-8-10-20)14-23-18(3)24(15-28)27(33)30(4)26(23)32/h6-14,16H,5H2,1-4H3/b23-14+. The highest BCUT2D eigenvalue weighted by Gasteiger charge is 2.33. The molecule has 1 aliphatic heterocycles. The van der Waals surface area contributed by atoms with Crippen molar-refractivity contribution in [2.45, 2.75) is 20.8 Å². The van der Waals surface area contributed by atoms with Crippen molar-refractivity contribution < 1.29 is 14.3 Å². The van der Waals surface area contributed by atoms with Crippen LogP contribution >= 0.6 is 0 Å². The molecule has 1 aliphatic rings. The van der Waals surface area contributed by atoms with Crippen LogP contribution in [0.25, 0.3) is 23.0 Å². The van der Waals surface area contributed by atoms with E-state index in [1.165, 1.54) is 7.05 Å². The second-order valence-electron chi connectivity index (χ2n) is 7.96. The number of likely N-dealkylation sites (N-methyl/N-ethyl adjacent to an activating group) is 1. The lowest BCUT2D eigenvalue weighted by atomic mass is 9.93. The van der Waals surface area contributed by atoms with E-state index in [2.05, 4.69) is 0 Å². The van der Waals surface area contributed by atoms with Crippen LogP contribution < -0.4 is 4.74 Å². The van der Waals surface area contributed by atoms with Crippen molar-refractivity contribution in [3.8, 4) is 28.8 Å². The van der Waals surface area contributed by atoms with Gasteiger partial charge in [-0.15, -0.1) is 0 Å². The first-order valence-corrected chi connectivity index (χ1v) is 10.9. The third-order valence-corrected chi connectivity index (χ3v) is 5.77. The maximum atomic E-state index is 13.0. The van der Waals surface area contributed by atoms with Crippen LogP contribution in [0.5, 0.6) is 5.75 Å². The van der Waals surface area contributed by atoms with Crippen molar-refractivity contribution in [2.24, 2.45) is 0 Å². The number of nitriles is 1. The summed E-state index contributed by atoms with van der Waals surface area (Å²) in [5.74, 6) is -0.278. The molecule has 7 heteroatoms. The van der Waals surface area contributed by atoms with Gasteiger partial charge in [-0.2, -0.15) is 10.4 Å². The molecule has 0 unspecified atom stereocenters. The quantitative estimate of drug-likeness (QED) is 0.421. The van der Waals surface area contributed by atoms with Gasteiger partial charge in [-0.05, 0) is 68.3 Å². The third kappa shape index (κ3) is 4.02. The Morgan fingerprint density at radius 3 is 2.47 bits per heavy atom. The summed E-state index contributed by atoms with van der Waals surface area (Å²) in [6.07, 6.45) is 3.55. The first-order chi connectivity index (χ1) is 16.3. The highest BCUT2D eigenvalue weighted by Crippen LogP contribution is 2.33. The van der Waals surface area contributed by atoms with E-state index in [9.17, 15) is 14.9 Å². The van der Waals surface area contributed by atoms with E-state index >= 15 is 0 Å². The smallest absolute Gasteiger partial charge is 0.271 e. The predicted molar refractivity (Wildman–Crippen MR) is 129 cm³/mol. The lowest BCUT2D eigenvalue weighted by molar-refractivity contribution is -0.138. The van der Waals surface area contributed by atoms with Crippen LogP contribution in [0.1, 0.15) is 25.0 Å².